The second-order valence-corrected chi connectivity index (χ2v) is 5.00. The summed E-state index contributed by atoms with van der Waals surface area (Å²) in [4.78, 5) is 13.8. The summed E-state index contributed by atoms with van der Waals surface area (Å²) >= 11 is 0. The highest BCUT2D eigenvalue weighted by atomic mass is 16.6. The number of rotatable bonds is 0. The summed E-state index contributed by atoms with van der Waals surface area (Å²) in [6, 6.07) is 3.84. The molecule has 0 unspecified atom stereocenters. The van der Waals surface area contributed by atoms with Crippen LogP contribution in [0.25, 0.3) is 0 Å². The lowest BCUT2D eigenvalue weighted by molar-refractivity contribution is -0.121. The van der Waals surface area contributed by atoms with Crippen molar-refractivity contribution in [1.29, 1.82) is 0 Å². The standard InChI is InChI=1S/C13H15NO3/c1-13(2)8-6-10-11(17-5-4-16-10)7-9(8)14(3)12(13)15/h6-7H,4-5H2,1-3H3. The molecular formula is C13H15NO3. The van der Waals surface area contributed by atoms with Crippen molar-refractivity contribution in [1.82, 2.24) is 0 Å². The van der Waals surface area contributed by atoms with Gasteiger partial charge in [0.05, 0.1) is 11.1 Å². The summed E-state index contributed by atoms with van der Waals surface area (Å²) in [6.07, 6.45) is 0. The van der Waals surface area contributed by atoms with Gasteiger partial charge in [-0.1, -0.05) is 0 Å². The number of nitrogens with zero attached hydrogens (tertiary/aromatic N) is 1. The van der Waals surface area contributed by atoms with Gasteiger partial charge in [-0.2, -0.15) is 0 Å². The van der Waals surface area contributed by atoms with Crippen LogP contribution in [0, 0.1) is 0 Å². The molecule has 17 heavy (non-hydrogen) atoms. The predicted octanol–water partition coefficient (Wildman–Crippen LogP) is 1.71. The normalized spacial score (nSPS) is 20.4. The van der Waals surface area contributed by atoms with E-state index >= 15 is 0 Å². The van der Waals surface area contributed by atoms with Crippen molar-refractivity contribution in [3.05, 3.63) is 17.7 Å². The van der Waals surface area contributed by atoms with Gasteiger partial charge in [-0.05, 0) is 25.5 Å². The van der Waals surface area contributed by atoms with E-state index in [1.54, 1.807) is 11.9 Å². The third-order valence-electron chi connectivity index (χ3n) is 3.53. The topological polar surface area (TPSA) is 38.8 Å². The van der Waals surface area contributed by atoms with Gasteiger partial charge in [0.1, 0.15) is 13.2 Å². The van der Waals surface area contributed by atoms with Crippen LogP contribution in [0.2, 0.25) is 0 Å². The molecule has 0 saturated heterocycles. The Morgan fingerprint density at radius 2 is 1.76 bits per heavy atom. The highest BCUT2D eigenvalue weighted by molar-refractivity contribution is 6.07. The van der Waals surface area contributed by atoms with Crippen molar-refractivity contribution in [2.24, 2.45) is 0 Å². The van der Waals surface area contributed by atoms with Crippen molar-refractivity contribution < 1.29 is 14.3 Å². The molecule has 0 bridgehead atoms. The van der Waals surface area contributed by atoms with E-state index in [9.17, 15) is 4.79 Å². The van der Waals surface area contributed by atoms with Gasteiger partial charge in [0.25, 0.3) is 0 Å². The van der Waals surface area contributed by atoms with Gasteiger partial charge < -0.3 is 14.4 Å². The first-order chi connectivity index (χ1) is 8.01. The molecule has 0 aromatic heterocycles. The van der Waals surface area contributed by atoms with E-state index < -0.39 is 5.41 Å². The first-order valence-electron chi connectivity index (χ1n) is 5.74. The van der Waals surface area contributed by atoms with Gasteiger partial charge >= 0.3 is 0 Å². The highest BCUT2D eigenvalue weighted by Gasteiger charge is 2.43. The Bertz CT molecular complexity index is 508. The highest BCUT2D eigenvalue weighted by Crippen LogP contribution is 2.46. The van der Waals surface area contributed by atoms with Gasteiger partial charge in [-0.3, -0.25) is 4.79 Å². The Morgan fingerprint density at radius 1 is 1.18 bits per heavy atom. The Balaban J connectivity index is 2.21. The molecule has 0 radical (unpaired) electrons. The molecule has 4 heteroatoms. The smallest absolute Gasteiger partial charge is 0.236 e. The number of hydrogen-bond donors (Lipinski definition) is 0. The van der Waals surface area contributed by atoms with Crippen LogP contribution in [0.1, 0.15) is 19.4 Å². The number of carbonyl (C=O) groups is 1. The molecular weight excluding hydrogens is 218 g/mol. The number of fused-ring (bicyclic) bond motifs is 2. The van der Waals surface area contributed by atoms with Gasteiger partial charge in [0.2, 0.25) is 5.91 Å². The number of likely N-dealkylation sites (N-methyl/N-ethyl adjacent to an activating group) is 1. The van der Waals surface area contributed by atoms with Gasteiger partial charge in [0, 0.05) is 13.1 Å². The van der Waals surface area contributed by atoms with Crippen LogP contribution >= 0.6 is 0 Å². The van der Waals surface area contributed by atoms with Crippen molar-refractivity contribution in [2.75, 3.05) is 25.2 Å². The van der Waals surface area contributed by atoms with Crippen LogP contribution < -0.4 is 14.4 Å². The van der Waals surface area contributed by atoms with Crippen molar-refractivity contribution in [3.8, 4) is 11.5 Å². The van der Waals surface area contributed by atoms with E-state index in [1.165, 1.54) is 0 Å². The van der Waals surface area contributed by atoms with Crippen LogP contribution in [-0.4, -0.2) is 26.2 Å². The fraction of sp³-hybridized carbons (Fsp3) is 0.462. The number of hydrogen-bond acceptors (Lipinski definition) is 3. The third kappa shape index (κ3) is 1.27. The van der Waals surface area contributed by atoms with Gasteiger partial charge in [0.15, 0.2) is 11.5 Å². The molecule has 0 aliphatic carbocycles. The lowest BCUT2D eigenvalue weighted by atomic mass is 9.86. The zero-order valence-electron chi connectivity index (χ0n) is 10.2. The molecule has 0 atom stereocenters. The Kier molecular flexibility index (Phi) is 1.94. The minimum absolute atomic E-state index is 0.106. The largest absolute Gasteiger partial charge is 0.486 e. The number of benzene rings is 1. The fourth-order valence-electron chi connectivity index (χ4n) is 2.50. The second-order valence-electron chi connectivity index (χ2n) is 5.00. The van der Waals surface area contributed by atoms with Crippen LogP contribution in [0.3, 0.4) is 0 Å². The molecule has 3 rings (SSSR count). The van der Waals surface area contributed by atoms with Crippen molar-refractivity contribution in [2.45, 2.75) is 19.3 Å². The molecule has 1 amide bonds. The number of ether oxygens (including phenoxy) is 2. The average molecular weight is 233 g/mol. The number of carbonyl (C=O) groups excluding carboxylic acids is 1. The van der Waals surface area contributed by atoms with Crippen LogP contribution in [0.15, 0.2) is 12.1 Å². The van der Waals surface area contributed by atoms with E-state index in [0.29, 0.717) is 13.2 Å². The van der Waals surface area contributed by atoms with E-state index in [2.05, 4.69) is 0 Å². The number of amides is 1. The monoisotopic (exact) mass is 233 g/mol. The lowest BCUT2D eigenvalue weighted by Crippen LogP contribution is -2.33. The Hall–Kier alpha value is -1.71. The van der Waals surface area contributed by atoms with Crippen LogP contribution in [0.5, 0.6) is 11.5 Å². The molecule has 2 heterocycles. The minimum atomic E-state index is -0.486. The predicted molar refractivity (Wildman–Crippen MR) is 63.9 cm³/mol. The minimum Gasteiger partial charge on any atom is -0.486 e. The summed E-state index contributed by atoms with van der Waals surface area (Å²) in [7, 11) is 1.80. The first kappa shape index (κ1) is 10.4. The van der Waals surface area contributed by atoms with Crippen molar-refractivity contribution in [3.63, 3.8) is 0 Å². The van der Waals surface area contributed by atoms with Gasteiger partial charge in [-0.25, -0.2) is 0 Å². The molecule has 4 nitrogen and oxygen atoms in total. The van der Waals surface area contributed by atoms with Gasteiger partial charge in [-0.15, -0.1) is 0 Å². The fourth-order valence-corrected chi connectivity index (χ4v) is 2.50. The van der Waals surface area contributed by atoms with E-state index in [1.807, 2.05) is 26.0 Å². The maximum Gasteiger partial charge on any atom is 0.236 e. The van der Waals surface area contributed by atoms with E-state index in [0.717, 1.165) is 22.7 Å². The first-order valence-corrected chi connectivity index (χ1v) is 5.74. The maximum absolute atomic E-state index is 12.1. The Labute approximate surface area is 100 Å². The summed E-state index contributed by atoms with van der Waals surface area (Å²) in [5, 5.41) is 0. The average Bonchev–Trinajstić information content (AvgIpc) is 2.49. The van der Waals surface area contributed by atoms with Crippen LogP contribution in [0.4, 0.5) is 5.69 Å². The zero-order chi connectivity index (χ0) is 12.2. The van der Waals surface area contributed by atoms with Crippen molar-refractivity contribution >= 4 is 11.6 Å². The molecule has 0 saturated carbocycles. The molecule has 0 N–H and O–H groups in total. The number of anilines is 1. The van der Waals surface area contributed by atoms with Crippen LogP contribution in [-0.2, 0) is 10.2 Å². The SMILES string of the molecule is CN1C(=O)C(C)(C)c2cc3c(cc21)OCCO3. The maximum atomic E-state index is 12.1. The summed E-state index contributed by atoms with van der Waals surface area (Å²) in [6.45, 7) is 5.00. The molecule has 0 spiro atoms. The molecule has 2 aliphatic rings. The molecule has 1 aromatic carbocycles. The molecule has 0 fully saturated rings. The summed E-state index contributed by atoms with van der Waals surface area (Å²) < 4.78 is 11.1. The quantitative estimate of drug-likeness (QED) is 0.684. The lowest BCUT2D eigenvalue weighted by Gasteiger charge is -2.21. The zero-order valence-corrected chi connectivity index (χ0v) is 10.2. The molecule has 90 valence electrons. The van der Waals surface area contributed by atoms with E-state index in [-0.39, 0.29) is 5.91 Å². The summed E-state index contributed by atoms with van der Waals surface area (Å²) in [5.41, 5.74) is 1.44. The third-order valence-corrected chi connectivity index (χ3v) is 3.53. The molecule has 2 aliphatic heterocycles. The van der Waals surface area contributed by atoms with E-state index in [4.69, 9.17) is 9.47 Å². The Morgan fingerprint density at radius 3 is 2.41 bits per heavy atom. The second kappa shape index (κ2) is 3.15. The molecule has 1 aromatic rings. The summed E-state index contributed by atoms with van der Waals surface area (Å²) in [5.74, 6) is 1.58.